The number of amides is 1. The number of aromatic hydroxyl groups is 1. The van der Waals surface area contributed by atoms with Crippen LogP contribution in [0.5, 0.6) is 5.75 Å². The number of para-hydroxylation sites is 1. The Balaban J connectivity index is 2.05. The van der Waals surface area contributed by atoms with Crippen molar-refractivity contribution in [2.75, 3.05) is 20.1 Å². The van der Waals surface area contributed by atoms with E-state index in [-0.39, 0.29) is 17.7 Å². The number of phenols is 1. The number of benzene rings is 1. The number of nitrogens with one attached hydrogen (secondary N) is 1. The maximum atomic E-state index is 12.1. The number of nitrogens with zero attached hydrogens (tertiary/aromatic N) is 1. The Morgan fingerprint density at radius 2 is 2.28 bits per heavy atom. The van der Waals surface area contributed by atoms with Crippen molar-refractivity contribution in [3.05, 3.63) is 29.3 Å². The predicted molar refractivity (Wildman–Crippen MR) is 70.8 cm³/mol. The van der Waals surface area contributed by atoms with Crippen LogP contribution >= 0.6 is 0 Å². The van der Waals surface area contributed by atoms with Crippen LogP contribution < -0.4 is 5.32 Å². The molecule has 4 heteroatoms. The zero-order chi connectivity index (χ0) is 13.1. The summed E-state index contributed by atoms with van der Waals surface area (Å²) >= 11 is 0. The Bertz CT molecular complexity index is 445. The molecule has 0 radical (unpaired) electrons. The highest BCUT2D eigenvalue weighted by Gasteiger charge is 2.21. The zero-order valence-electron chi connectivity index (χ0n) is 10.9. The van der Waals surface area contributed by atoms with Crippen molar-refractivity contribution in [3.8, 4) is 5.75 Å². The van der Waals surface area contributed by atoms with Crippen LogP contribution in [-0.4, -0.2) is 42.1 Å². The van der Waals surface area contributed by atoms with Gasteiger partial charge in [0.25, 0.3) is 5.91 Å². The van der Waals surface area contributed by atoms with Gasteiger partial charge in [-0.1, -0.05) is 12.1 Å². The fourth-order valence-electron chi connectivity index (χ4n) is 2.39. The molecule has 1 fully saturated rings. The van der Waals surface area contributed by atoms with Crippen molar-refractivity contribution < 1.29 is 9.90 Å². The molecule has 1 aromatic carbocycles. The highest BCUT2D eigenvalue weighted by Crippen LogP contribution is 2.21. The van der Waals surface area contributed by atoms with E-state index in [1.54, 1.807) is 25.1 Å². The zero-order valence-corrected chi connectivity index (χ0v) is 10.9. The van der Waals surface area contributed by atoms with Crippen molar-refractivity contribution in [2.24, 2.45) is 0 Å². The van der Waals surface area contributed by atoms with Gasteiger partial charge in [0.05, 0.1) is 5.56 Å². The lowest BCUT2D eigenvalue weighted by Gasteiger charge is -2.30. The van der Waals surface area contributed by atoms with Gasteiger partial charge in [-0.25, -0.2) is 0 Å². The molecule has 1 heterocycles. The molecule has 1 saturated heterocycles. The van der Waals surface area contributed by atoms with Gasteiger partial charge in [-0.15, -0.1) is 0 Å². The fourth-order valence-corrected chi connectivity index (χ4v) is 2.39. The number of carbonyl (C=O) groups excluding carboxylic acids is 1. The first-order valence-corrected chi connectivity index (χ1v) is 6.36. The van der Waals surface area contributed by atoms with Gasteiger partial charge in [-0.2, -0.15) is 0 Å². The Morgan fingerprint density at radius 3 is 3.00 bits per heavy atom. The molecule has 0 saturated carbocycles. The monoisotopic (exact) mass is 248 g/mol. The summed E-state index contributed by atoms with van der Waals surface area (Å²) in [4.78, 5) is 14.3. The first-order valence-electron chi connectivity index (χ1n) is 6.36. The number of piperidine rings is 1. The summed E-state index contributed by atoms with van der Waals surface area (Å²) in [6, 6.07) is 5.41. The molecule has 1 aliphatic rings. The van der Waals surface area contributed by atoms with Crippen LogP contribution in [0.2, 0.25) is 0 Å². The van der Waals surface area contributed by atoms with Crippen LogP contribution in [0.25, 0.3) is 0 Å². The summed E-state index contributed by atoms with van der Waals surface area (Å²) in [5.41, 5.74) is 1.09. The minimum absolute atomic E-state index is 0.0826. The molecule has 0 bridgehead atoms. The molecule has 2 rings (SSSR count). The summed E-state index contributed by atoms with van der Waals surface area (Å²) in [6.07, 6.45) is 2.10. The van der Waals surface area contributed by atoms with Gasteiger partial charge in [-0.3, -0.25) is 4.79 Å². The first-order chi connectivity index (χ1) is 8.58. The topological polar surface area (TPSA) is 52.6 Å². The number of hydrogen-bond acceptors (Lipinski definition) is 3. The number of rotatable bonds is 2. The van der Waals surface area contributed by atoms with Crippen molar-refractivity contribution in [1.82, 2.24) is 10.2 Å². The third kappa shape index (κ3) is 2.82. The first kappa shape index (κ1) is 12.9. The Morgan fingerprint density at radius 1 is 1.50 bits per heavy atom. The lowest BCUT2D eigenvalue weighted by molar-refractivity contribution is 0.0909. The summed E-state index contributed by atoms with van der Waals surface area (Å²) in [6.45, 7) is 3.75. The predicted octanol–water partition coefficient (Wildman–Crippen LogP) is 1.52. The van der Waals surface area contributed by atoms with Crippen LogP contribution in [-0.2, 0) is 0 Å². The van der Waals surface area contributed by atoms with E-state index < -0.39 is 0 Å². The van der Waals surface area contributed by atoms with Gasteiger partial charge >= 0.3 is 0 Å². The Labute approximate surface area is 108 Å². The van der Waals surface area contributed by atoms with E-state index in [9.17, 15) is 9.90 Å². The smallest absolute Gasteiger partial charge is 0.255 e. The molecule has 2 N–H and O–H groups in total. The van der Waals surface area contributed by atoms with Crippen LogP contribution in [0, 0.1) is 6.92 Å². The maximum Gasteiger partial charge on any atom is 0.255 e. The molecule has 18 heavy (non-hydrogen) atoms. The average Bonchev–Trinajstić information content (AvgIpc) is 2.32. The second-order valence-corrected chi connectivity index (χ2v) is 5.05. The van der Waals surface area contributed by atoms with Crippen LogP contribution in [0.15, 0.2) is 18.2 Å². The third-order valence-corrected chi connectivity index (χ3v) is 3.44. The summed E-state index contributed by atoms with van der Waals surface area (Å²) in [5, 5.41) is 12.9. The lowest BCUT2D eigenvalue weighted by Crippen LogP contribution is -2.46. The second kappa shape index (κ2) is 5.40. The number of likely N-dealkylation sites (N-methyl/N-ethyl adjacent to an activating group) is 1. The number of aryl methyl sites for hydroxylation is 1. The van der Waals surface area contributed by atoms with E-state index in [1.165, 1.54) is 0 Å². The minimum Gasteiger partial charge on any atom is -0.507 e. The van der Waals surface area contributed by atoms with E-state index in [1.807, 2.05) is 0 Å². The molecule has 4 nitrogen and oxygen atoms in total. The summed E-state index contributed by atoms with van der Waals surface area (Å²) < 4.78 is 0. The van der Waals surface area contributed by atoms with E-state index in [0.717, 1.165) is 31.5 Å². The summed E-state index contributed by atoms with van der Waals surface area (Å²) in [5.74, 6) is -0.101. The summed E-state index contributed by atoms with van der Waals surface area (Å²) in [7, 11) is 2.06. The molecule has 98 valence electrons. The maximum absolute atomic E-state index is 12.1. The molecular weight excluding hydrogens is 228 g/mol. The molecule has 0 aliphatic carbocycles. The Kier molecular flexibility index (Phi) is 3.87. The fraction of sp³-hybridized carbons (Fsp3) is 0.500. The molecule has 1 aromatic rings. The quantitative estimate of drug-likeness (QED) is 0.834. The number of likely N-dealkylation sites (tertiary alicyclic amines) is 1. The van der Waals surface area contributed by atoms with Gasteiger partial charge in [0.15, 0.2) is 0 Å². The molecule has 0 aromatic heterocycles. The van der Waals surface area contributed by atoms with E-state index in [0.29, 0.717) is 5.56 Å². The van der Waals surface area contributed by atoms with Gasteiger partial charge < -0.3 is 15.3 Å². The van der Waals surface area contributed by atoms with Crippen molar-refractivity contribution >= 4 is 5.91 Å². The third-order valence-electron chi connectivity index (χ3n) is 3.44. The molecule has 1 atom stereocenters. The highest BCUT2D eigenvalue weighted by molar-refractivity contribution is 5.97. The van der Waals surface area contributed by atoms with Gasteiger partial charge in [0.1, 0.15) is 5.75 Å². The average molecular weight is 248 g/mol. The van der Waals surface area contributed by atoms with Crippen molar-refractivity contribution in [1.29, 1.82) is 0 Å². The molecule has 1 amide bonds. The Hall–Kier alpha value is -1.55. The highest BCUT2D eigenvalue weighted by atomic mass is 16.3. The number of carbonyl (C=O) groups is 1. The van der Waals surface area contributed by atoms with Crippen LogP contribution in [0.4, 0.5) is 0 Å². The van der Waals surface area contributed by atoms with E-state index >= 15 is 0 Å². The van der Waals surface area contributed by atoms with Crippen LogP contribution in [0.3, 0.4) is 0 Å². The SMILES string of the molecule is Cc1cccc(C(=O)NC2CCCN(C)C2)c1O. The largest absolute Gasteiger partial charge is 0.507 e. The normalized spacial score (nSPS) is 20.7. The molecule has 0 spiro atoms. The number of hydrogen-bond donors (Lipinski definition) is 2. The van der Waals surface area contributed by atoms with Gasteiger partial charge in [0.2, 0.25) is 0 Å². The van der Waals surface area contributed by atoms with Gasteiger partial charge in [-0.05, 0) is 45.0 Å². The van der Waals surface area contributed by atoms with Gasteiger partial charge in [0, 0.05) is 12.6 Å². The molecule has 1 unspecified atom stereocenters. The van der Waals surface area contributed by atoms with Crippen molar-refractivity contribution in [2.45, 2.75) is 25.8 Å². The molecule has 1 aliphatic heterocycles. The number of phenolic OH excluding ortho intramolecular Hbond substituents is 1. The van der Waals surface area contributed by atoms with Crippen molar-refractivity contribution in [3.63, 3.8) is 0 Å². The molecular formula is C14H20N2O2. The minimum atomic E-state index is -0.184. The van der Waals surface area contributed by atoms with Crippen LogP contribution in [0.1, 0.15) is 28.8 Å². The lowest BCUT2D eigenvalue weighted by atomic mass is 10.0. The second-order valence-electron chi connectivity index (χ2n) is 5.05. The van der Waals surface area contributed by atoms with E-state index in [2.05, 4.69) is 17.3 Å². The standard InChI is InChI=1S/C14H20N2O2/c1-10-5-3-7-12(13(10)17)14(18)15-11-6-4-8-16(2)9-11/h3,5,7,11,17H,4,6,8-9H2,1-2H3,(H,15,18). The van der Waals surface area contributed by atoms with E-state index in [4.69, 9.17) is 0 Å².